The molecule has 0 saturated carbocycles. The highest BCUT2D eigenvalue weighted by molar-refractivity contribution is 4.64. The zero-order valence-corrected chi connectivity index (χ0v) is 5.74. The molecule has 0 aliphatic rings. The van der Waals surface area contributed by atoms with Crippen LogP contribution in [0.3, 0.4) is 0 Å². The first-order valence-corrected chi connectivity index (χ1v) is 3.37. The number of halogens is 2. The lowest BCUT2D eigenvalue weighted by Crippen LogP contribution is -1.89. The molecule has 0 aromatic heterocycles. The second-order valence-electron chi connectivity index (χ2n) is 2.06. The van der Waals surface area contributed by atoms with Gasteiger partial charge in [-0.15, -0.1) is 0 Å². The van der Waals surface area contributed by atoms with E-state index in [0.717, 1.165) is 19.3 Å². The van der Waals surface area contributed by atoms with E-state index in [0.29, 0.717) is 0 Å². The molecule has 9 heavy (non-hydrogen) atoms. The molecule has 0 N–H and O–H groups in total. The van der Waals surface area contributed by atoms with Gasteiger partial charge in [-0.05, 0) is 12.8 Å². The van der Waals surface area contributed by atoms with Gasteiger partial charge in [0.1, 0.15) is 0 Å². The summed E-state index contributed by atoms with van der Waals surface area (Å²) in [6, 6.07) is 0. The minimum atomic E-state index is -2.15. The fraction of sp³-hybridized carbons (Fsp3) is 0.857. The first kappa shape index (κ1) is 8.86. The zero-order chi connectivity index (χ0) is 7.11. The minimum absolute atomic E-state index is 0.0417. The molecule has 2 heteroatoms. The molecule has 0 rings (SSSR count). The summed E-state index contributed by atoms with van der Waals surface area (Å²) in [4.78, 5) is 0. The summed E-state index contributed by atoms with van der Waals surface area (Å²) in [5.41, 5.74) is 0. The molecule has 0 atom stereocenters. The van der Waals surface area contributed by atoms with Crippen molar-refractivity contribution in [1.82, 2.24) is 0 Å². The molecule has 0 fully saturated rings. The third kappa shape index (κ3) is 7.86. The van der Waals surface area contributed by atoms with E-state index in [1.165, 1.54) is 0 Å². The number of unbranched alkanes of at least 4 members (excludes halogenated alkanes) is 3. The number of alkyl halides is 2. The van der Waals surface area contributed by atoms with E-state index in [2.05, 4.69) is 6.92 Å². The fourth-order valence-electron chi connectivity index (χ4n) is 0.592. The van der Waals surface area contributed by atoms with Crippen LogP contribution in [0.15, 0.2) is 0 Å². The van der Waals surface area contributed by atoms with E-state index in [-0.39, 0.29) is 6.42 Å². The zero-order valence-electron chi connectivity index (χ0n) is 5.74. The SMILES string of the molecule is CCCC[CH]CC(F)F. The first-order chi connectivity index (χ1) is 4.27. The summed E-state index contributed by atoms with van der Waals surface area (Å²) in [5.74, 6) is 0. The predicted molar refractivity (Wildman–Crippen MR) is 34.4 cm³/mol. The lowest BCUT2D eigenvalue weighted by molar-refractivity contribution is 0.146. The summed E-state index contributed by atoms with van der Waals surface area (Å²) in [7, 11) is 0. The van der Waals surface area contributed by atoms with Gasteiger partial charge in [0.05, 0.1) is 0 Å². The van der Waals surface area contributed by atoms with Crippen LogP contribution in [0.25, 0.3) is 0 Å². The van der Waals surface area contributed by atoms with E-state index in [1.807, 2.05) is 0 Å². The molecule has 0 nitrogen and oxygen atoms in total. The molecular formula is C7H13F2. The molecule has 0 aromatic carbocycles. The molecule has 0 bridgehead atoms. The van der Waals surface area contributed by atoms with Crippen molar-refractivity contribution in [3.63, 3.8) is 0 Å². The molecule has 0 aromatic rings. The minimum Gasteiger partial charge on any atom is -0.211 e. The van der Waals surface area contributed by atoms with E-state index < -0.39 is 6.43 Å². The van der Waals surface area contributed by atoms with Crippen molar-refractivity contribution < 1.29 is 8.78 Å². The second-order valence-corrected chi connectivity index (χ2v) is 2.06. The fourth-order valence-corrected chi connectivity index (χ4v) is 0.592. The van der Waals surface area contributed by atoms with Gasteiger partial charge in [-0.3, -0.25) is 0 Å². The van der Waals surface area contributed by atoms with Gasteiger partial charge >= 0.3 is 0 Å². The van der Waals surface area contributed by atoms with Gasteiger partial charge in [-0.2, -0.15) is 0 Å². The molecule has 0 heterocycles. The summed E-state index contributed by atoms with van der Waals surface area (Å²) < 4.78 is 22.9. The van der Waals surface area contributed by atoms with E-state index in [4.69, 9.17) is 0 Å². The normalized spacial score (nSPS) is 10.7. The molecule has 0 unspecified atom stereocenters. The Kier molecular flexibility index (Phi) is 5.89. The maximum absolute atomic E-state index is 11.4. The second kappa shape index (κ2) is 5.99. The summed E-state index contributed by atoms with van der Waals surface area (Å²) in [6.07, 6.45) is 2.42. The molecule has 55 valence electrons. The molecule has 0 aliphatic carbocycles. The van der Waals surface area contributed by atoms with E-state index in [9.17, 15) is 8.78 Å². The van der Waals surface area contributed by atoms with Crippen LogP contribution in [0.4, 0.5) is 8.78 Å². The van der Waals surface area contributed by atoms with Crippen LogP contribution in [-0.2, 0) is 0 Å². The highest BCUT2D eigenvalue weighted by Crippen LogP contribution is 2.06. The third-order valence-electron chi connectivity index (χ3n) is 1.11. The van der Waals surface area contributed by atoms with Gasteiger partial charge in [0.25, 0.3) is 0 Å². The van der Waals surface area contributed by atoms with Crippen LogP contribution in [0, 0.1) is 6.42 Å². The topological polar surface area (TPSA) is 0 Å². The Labute approximate surface area is 55.3 Å². The quantitative estimate of drug-likeness (QED) is 0.508. The summed E-state index contributed by atoms with van der Waals surface area (Å²) in [5, 5.41) is 0. The summed E-state index contributed by atoms with van der Waals surface area (Å²) in [6.45, 7) is 2.05. The third-order valence-corrected chi connectivity index (χ3v) is 1.11. The smallest absolute Gasteiger partial charge is 0.211 e. The molecule has 0 aliphatic heterocycles. The standard InChI is InChI=1S/C7H13F2/c1-2-3-4-5-6-7(8)9/h5,7H,2-4,6H2,1H3. The Morgan fingerprint density at radius 3 is 2.56 bits per heavy atom. The largest absolute Gasteiger partial charge is 0.238 e. The van der Waals surface area contributed by atoms with Crippen LogP contribution in [0.5, 0.6) is 0 Å². The Bertz CT molecular complexity index is 52.9. The Hall–Kier alpha value is -0.140. The Balaban J connectivity index is 2.75. The maximum atomic E-state index is 11.4. The van der Waals surface area contributed by atoms with Crippen molar-refractivity contribution >= 4 is 0 Å². The van der Waals surface area contributed by atoms with Crippen molar-refractivity contribution in [2.45, 2.75) is 39.0 Å². The van der Waals surface area contributed by atoms with Gasteiger partial charge in [0.15, 0.2) is 0 Å². The first-order valence-electron chi connectivity index (χ1n) is 3.37. The molecule has 0 saturated heterocycles. The lowest BCUT2D eigenvalue weighted by Gasteiger charge is -1.96. The molecule has 0 spiro atoms. The number of hydrogen-bond donors (Lipinski definition) is 0. The van der Waals surface area contributed by atoms with Gasteiger partial charge in [0.2, 0.25) is 6.43 Å². The van der Waals surface area contributed by atoms with Crippen molar-refractivity contribution in [3.8, 4) is 0 Å². The van der Waals surface area contributed by atoms with Crippen molar-refractivity contribution in [2.75, 3.05) is 0 Å². The Morgan fingerprint density at radius 2 is 2.11 bits per heavy atom. The monoisotopic (exact) mass is 135 g/mol. The highest BCUT2D eigenvalue weighted by atomic mass is 19.3. The highest BCUT2D eigenvalue weighted by Gasteiger charge is 1.99. The van der Waals surface area contributed by atoms with Crippen molar-refractivity contribution in [3.05, 3.63) is 6.42 Å². The van der Waals surface area contributed by atoms with Crippen LogP contribution in [0.1, 0.15) is 32.6 Å². The van der Waals surface area contributed by atoms with Crippen LogP contribution < -0.4 is 0 Å². The van der Waals surface area contributed by atoms with Gasteiger partial charge in [0, 0.05) is 6.42 Å². The van der Waals surface area contributed by atoms with Crippen molar-refractivity contribution in [1.29, 1.82) is 0 Å². The van der Waals surface area contributed by atoms with Crippen LogP contribution in [0.2, 0.25) is 0 Å². The van der Waals surface area contributed by atoms with Gasteiger partial charge in [-0.1, -0.05) is 19.8 Å². The maximum Gasteiger partial charge on any atom is 0.238 e. The lowest BCUT2D eigenvalue weighted by atomic mass is 10.2. The Morgan fingerprint density at radius 1 is 1.44 bits per heavy atom. The predicted octanol–water partition coefficient (Wildman–Crippen LogP) is 3.04. The average Bonchev–Trinajstić information content (AvgIpc) is 1.80. The molecule has 1 radical (unpaired) electrons. The van der Waals surface area contributed by atoms with Crippen molar-refractivity contribution in [2.24, 2.45) is 0 Å². The molecular weight excluding hydrogens is 122 g/mol. The van der Waals surface area contributed by atoms with E-state index >= 15 is 0 Å². The van der Waals surface area contributed by atoms with Crippen LogP contribution in [-0.4, -0.2) is 6.43 Å². The average molecular weight is 135 g/mol. The van der Waals surface area contributed by atoms with Gasteiger partial charge < -0.3 is 0 Å². The number of hydrogen-bond acceptors (Lipinski definition) is 0. The molecule has 0 amide bonds. The van der Waals surface area contributed by atoms with Crippen LogP contribution >= 0.6 is 0 Å². The van der Waals surface area contributed by atoms with E-state index in [1.54, 1.807) is 6.42 Å². The number of rotatable bonds is 5. The summed E-state index contributed by atoms with van der Waals surface area (Å²) >= 11 is 0. The van der Waals surface area contributed by atoms with Gasteiger partial charge in [-0.25, -0.2) is 8.78 Å².